The van der Waals surface area contributed by atoms with Gasteiger partial charge >= 0.3 is 4.83 Å². The van der Waals surface area contributed by atoms with Crippen molar-refractivity contribution >= 4 is 31.9 Å². The Hall–Kier alpha value is -0.740. The predicted octanol–water partition coefficient (Wildman–Crippen LogP) is 5.56. The third-order valence-corrected chi connectivity index (χ3v) is 3.38. The van der Waals surface area contributed by atoms with E-state index >= 15 is 0 Å². The average Bonchev–Trinajstić information content (AvgIpc) is 2.29. The summed E-state index contributed by atoms with van der Waals surface area (Å²) in [5.74, 6) is 0. The third kappa shape index (κ3) is 3.13. The molecular weight excluding hydrogens is 354 g/mol. The quantitative estimate of drug-likeness (QED) is 0.614. The van der Waals surface area contributed by atoms with E-state index in [9.17, 15) is 8.78 Å². The van der Waals surface area contributed by atoms with Gasteiger partial charge in [0.2, 0.25) is 0 Å². The van der Waals surface area contributed by atoms with Crippen LogP contribution in [0.15, 0.2) is 53.0 Å². The second-order valence-corrected chi connectivity index (χ2v) is 5.49. The molecule has 88 valence electrons. The lowest BCUT2D eigenvalue weighted by Crippen LogP contribution is -2.01. The average molecular weight is 362 g/mol. The summed E-state index contributed by atoms with van der Waals surface area (Å²) in [7, 11) is 0. The van der Waals surface area contributed by atoms with Crippen molar-refractivity contribution in [2.45, 2.75) is 4.83 Å². The van der Waals surface area contributed by atoms with Crippen LogP contribution in [0.4, 0.5) is 8.78 Å². The van der Waals surface area contributed by atoms with Crippen molar-refractivity contribution in [3.8, 4) is 11.1 Å². The fraction of sp³-hybridized carbons (Fsp3) is 0.0769. The highest BCUT2D eigenvalue weighted by atomic mass is 79.9. The Bertz CT molecular complexity index is 498. The van der Waals surface area contributed by atoms with E-state index < -0.39 is 4.83 Å². The van der Waals surface area contributed by atoms with Crippen LogP contribution in [0.3, 0.4) is 0 Å². The maximum absolute atomic E-state index is 13.0. The van der Waals surface area contributed by atoms with Crippen molar-refractivity contribution in [1.29, 1.82) is 0 Å². The Labute approximate surface area is 115 Å². The molecule has 0 fully saturated rings. The van der Waals surface area contributed by atoms with E-state index in [4.69, 9.17) is 0 Å². The first-order chi connectivity index (χ1) is 7.97. The van der Waals surface area contributed by atoms with Crippen LogP contribution < -0.4 is 0 Å². The molecule has 0 aromatic heterocycles. The molecule has 0 heterocycles. The molecule has 2 aromatic rings. The van der Waals surface area contributed by atoms with Crippen LogP contribution in [0.25, 0.3) is 11.1 Å². The molecule has 0 atom stereocenters. The number of alkyl halides is 3. The standard InChI is InChI=1S/C13H8Br2F2/c14-12-7-3-10(4-8-12)9-1-5-11(6-2-9)13(15,16)17/h1-8H. The molecule has 0 nitrogen and oxygen atoms in total. The van der Waals surface area contributed by atoms with Gasteiger partial charge in [0.25, 0.3) is 0 Å². The van der Waals surface area contributed by atoms with Gasteiger partial charge in [-0.25, -0.2) is 0 Å². The van der Waals surface area contributed by atoms with Crippen molar-refractivity contribution in [2.24, 2.45) is 0 Å². The normalized spacial score (nSPS) is 11.5. The van der Waals surface area contributed by atoms with Crippen LogP contribution in [-0.4, -0.2) is 0 Å². The van der Waals surface area contributed by atoms with Gasteiger partial charge in [-0.15, -0.1) is 0 Å². The van der Waals surface area contributed by atoms with E-state index in [0.29, 0.717) is 0 Å². The van der Waals surface area contributed by atoms with E-state index in [0.717, 1.165) is 15.6 Å². The Morgan fingerprint density at radius 3 is 1.59 bits per heavy atom. The number of hydrogen-bond donors (Lipinski definition) is 0. The number of benzene rings is 2. The second kappa shape index (κ2) is 4.86. The summed E-state index contributed by atoms with van der Waals surface area (Å²) in [5, 5.41) is 0. The molecule has 0 unspecified atom stereocenters. The zero-order valence-corrected chi connectivity index (χ0v) is 11.8. The largest absolute Gasteiger partial charge is 0.326 e. The van der Waals surface area contributed by atoms with E-state index in [1.807, 2.05) is 24.3 Å². The molecule has 2 rings (SSSR count). The van der Waals surface area contributed by atoms with Gasteiger partial charge in [-0.1, -0.05) is 52.3 Å². The zero-order valence-electron chi connectivity index (χ0n) is 8.63. The lowest BCUT2D eigenvalue weighted by Gasteiger charge is -2.09. The monoisotopic (exact) mass is 360 g/mol. The number of hydrogen-bond acceptors (Lipinski definition) is 0. The molecule has 0 N–H and O–H groups in total. The maximum atomic E-state index is 13.0. The van der Waals surface area contributed by atoms with Gasteiger partial charge in [-0.3, -0.25) is 0 Å². The number of rotatable bonds is 2. The fourth-order valence-corrected chi connectivity index (χ4v) is 2.02. The first-order valence-corrected chi connectivity index (χ1v) is 6.48. The molecule has 4 heteroatoms. The van der Waals surface area contributed by atoms with Gasteiger partial charge < -0.3 is 0 Å². The van der Waals surface area contributed by atoms with Gasteiger partial charge in [-0.2, -0.15) is 8.78 Å². The molecule has 2 aromatic carbocycles. The minimum Gasteiger partial charge on any atom is -0.188 e. The van der Waals surface area contributed by atoms with Crippen molar-refractivity contribution < 1.29 is 8.78 Å². The van der Waals surface area contributed by atoms with Crippen LogP contribution in [0.5, 0.6) is 0 Å². The van der Waals surface area contributed by atoms with Crippen LogP contribution in [0, 0.1) is 0 Å². The van der Waals surface area contributed by atoms with Gasteiger partial charge in [0.15, 0.2) is 0 Å². The van der Waals surface area contributed by atoms with Crippen LogP contribution >= 0.6 is 31.9 Å². The Balaban J connectivity index is 2.33. The molecule has 0 bridgehead atoms. The predicted molar refractivity (Wildman–Crippen MR) is 72.4 cm³/mol. The Morgan fingerprint density at radius 1 is 0.765 bits per heavy atom. The van der Waals surface area contributed by atoms with E-state index in [1.54, 1.807) is 12.1 Å². The molecule has 0 radical (unpaired) electrons. The van der Waals surface area contributed by atoms with Crippen molar-refractivity contribution in [3.05, 3.63) is 58.6 Å². The molecule has 0 amide bonds. The highest BCUT2D eigenvalue weighted by molar-refractivity contribution is 9.10. The number of halogens is 4. The third-order valence-electron chi connectivity index (χ3n) is 2.39. The van der Waals surface area contributed by atoms with Crippen LogP contribution in [0.1, 0.15) is 5.56 Å². The molecule has 0 saturated heterocycles. The summed E-state index contributed by atoms with van der Waals surface area (Å²) < 4.78 is 26.9. The fourth-order valence-electron chi connectivity index (χ4n) is 1.49. The molecule has 0 aliphatic heterocycles. The highest BCUT2D eigenvalue weighted by Crippen LogP contribution is 2.35. The highest BCUT2D eigenvalue weighted by Gasteiger charge is 2.26. The van der Waals surface area contributed by atoms with Gasteiger partial charge in [-0.05, 0) is 39.2 Å². The van der Waals surface area contributed by atoms with Crippen molar-refractivity contribution in [3.63, 3.8) is 0 Å². The molecule has 0 aliphatic rings. The summed E-state index contributed by atoms with van der Waals surface area (Å²) in [6.45, 7) is 0. The Kier molecular flexibility index (Phi) is 3.64. The lowest BCUT2D eigenvalue weighted by molar-refractivity contribution is 0.114. The molecular formula is C13H8Br2F2. The van der Waals surface area contributed by atoms with Crippen molar-refractivity contribution in [2.75, 3.05) is 0 Å². The first-order valence-electron chi connectivity index (χ1n) is 4.90. The van der Waals surface area contributed by atoms with Crippen LogP contribution in [0.2, 0.25) is 0 Å². The smallest absolute Gasteiger partial charge is 0.188 e. The summed E-state index contributed by atoms with van der Waals surface area (Å²) in [6.07, 6.45) is 0. The SMILES string of the molecule is FC(F)(Br)c1ccc(-c2ccc(Br)cc2)cc1. The minimum atomic E-state index is -2.97. The maximum Gasteiger partial charge on any atom is 0.326 e. The van der Waals surface area contributed by atoms with Gasteiger partial charge in [0.05, 0.1) is 0 Å². The summed E-state index contributed by atoms with van der Waals surface area (Å²) in [4.78, 5) is -2.97. The van der Waals surface area contributed by atoms with Crippen molar-refractivity contribution in [1.82, 2.24) is 0 Å². The first kappa shape index (κ1) is 12.7. The van der Waals surface area contributed by atoms with Gasteiger partial charge in [0, 0.05) is 10.0 Å². The molecule has 0 aliphatic carbocycles. The zero-order chi connectivity index (χ0) is 12.5. The van der Waals surface area contributed by atoms with E-state index in [2.05, 4.69) is 31.9 Å². The minimum absolute atomic E-state index is 0.0432. The summed E-state index contributed by atoms with van der Waals surface area (Å²) >= 11 is 5.69. The molecule has 0 spiro atoms. The summed E-state index contributed by atoms with van der Waals surface area (Å²) in [6, 6.07) is 13.9. The van der Waals surface area contributed by atoms with Crippen LogP contribution in [-0.2, 0) is 4.83 Å². The molecule has 17 heavy (non-hydrogen) atoms. The van der Waals surface area contributed by atoms with E-state index in [-0.39, 0.29) is 5.56 Å². The Morgan fingerprint density at radius 2 is 1.18 bits per heavy atom. The lowest BCUT2D eigenvalue weighted by atomic mass is 10.0. The summed E-state index contributed by atoms with van der Waals surface area (Å²) in [5.41, 5.74) is 1.87. The van der Waals surface area contributed by atoms with E-state index in [1.165, 1.54) is 12.1 Å². The van der Waals surface area contributed by atoms with Gasteiger partial charge in [0.1, 0.15) is 0 Å². The molecule has 0 saturated carbocycles. The topological polar surface area (TPSA) is 0 Å². The second-order valence-electron chi connectivity index (χ2n) is 3.58.